The van der Waals surface area contributed by atoms with Gasteiger partial charge in [-0.3, -0.25) is 0 Å². The fraction of sp³-hybridized carbons (Fsp3) is 0. The van der Waals surface area contributed by atoms with Crippen LogP contribution in [0.15, 0.2) is 0 Å². The van der Waals surface area contributed by atoms with Crippen molar-refractivity contribution >= 4 is 38.8 Å². The van der Waals surface area contributed by atoms with Gasteiger partial charge in [-0.05, 0) is 0 Å². The summed E-state index contributed by atoms with van der Waals surface area (Å²) in [6.45, 7) is -3.00. The number of hydrogen-bond donors (Lipinski definition) is 0. The van der Waals surface area contributed by atoms with Crippen LogP contribution in [0.25, 0.3) is 0 Å². The van der Waals surface area contributed by atoms with E-state index in [1.165, 1.54) is 0 Å². The molecule has 19 heavy (non-hydrogen) atoms. The predicted octanol–water partition coefficient (Wildman–Crippen LogP) is -9.80. The second-order valence-electron chi connectivity index (χ2n) is 0.577. The van der Waals surface area contributed by atoms with Gasteiger partial charge in [-0.25, -0.2) is 0 Å². The first-order valence-electron chi connectivity index (χ1n) is 2.83. The average Bonchev–Trinajstić information content (AvgIpc) is 2.23. The van der Waals surface area contributed by atoms with E-state index in [0.717, 1.165) is 0 Å². The molecule has 0 rings (SSSR count). The van der Waals surface area contributed by atoms with Crippen molar-refractivity contribution in [2.75, 3.05) is 0 Å². The van der Waals surface area contributed by atoms with Crippen LogP contribution in [0.1, 0.15) is 0 Å². The summed E-state index contributed by atoms with van der Waals surface area (Å²) in [7, 11) is 0. The largest absolute Gasteiger partial charge is 6.00 e. The van der Waals surface area contributed by atoms with Crippen LogP contribution in [0, 0.1) is 31.1 Å². The summed E-state index contributed by atoms with van der Waals surface area (Å²) >= 11 is 0. The van der Waals surface area contributed by atoms with Gasteiger partial charge >= 0.3 is 31.1 Å². The van der Waals surface area contributed by atoms with Crippen LogP contribution < -0.4 is 30.6 Å². The maximum atomic E-state index is 8.25. The topological polar surface area (TPSA) is 241 Å². The molecule has 13 heteroatoms. The monoisotopic (exact) mass is 508 g/mol. The van der Waals surface area contributed by atoms with E-state index in [2.05, 4.69) is 0 Å². The van der Waals surface area contributed by atoms with Crippen LogP contribution in [0.2, 0.25) is 0 Å². The SMILES string of the molecule is O=C[O-].O=C[O-].O=C[O-].O=C[O-].O=C[O-].O=C[O-].[U+6]. The Kier molecular flexibility index (Phi) is 537. The van der Waals surface area contributed by atoms with Crippen molar-refractivity contribution in [1.82, 2.24) is 0 Å². The zero-order chi connectivity index (χ0) is 16.2. The van der Waals surface area contributed by atoms with E-state index in [-0.39, 0.29) is 31.1 Å². The smallest absolute Gasteiger partial charge is 0.554 e. The van der Waals surface area contributed by atoms with E-state index >= 15 is 0 Å². The quantitative estimate of drug-likeness (QED) is 0.277. The second kappa shape index (κ2) is 234. The molecule has 0 aliphatic rings. The van der Waals surface area contributed by atoms with E-state index < -0.39 is 38.8 Å². The Balaban J connectivity index is -0.0000000180. The molecule has 0 amide bonds. The Bertz CT molecular complexity index is 114. The normalized spacial score (nSPS) is 3.79. The summed E-state index contributed by atoms with van der Waals surface area (Å²) in [6.07, 6.45) is 0. The van der Waals surface area contributed by atoms with Crippen molar-refractivity contribution in [3.8, 4) is 0 Å². The minimum atomic E-state index is -0.500. The molecule has 0 aliphatic heterocycles. The van der Waals surface area contributed by atoms with Crippen molar-refractivity contribution in [3.63, 3.8) is 0 Å². The first-order valence-corrected chi connectivity index (χ1v) is 2.83. The fourth-order valence-electron chi connectivity index (χ4n) is 0. The maximum absolute atomic E-state index is 8.25. The molecule has 0 N–H and O–H groups in total. The third kappa shape index (κ3) is 674. The van der Waals surface area contributed by atoms with Gasteiger partial charge in [-0.1, -0.05) is 0 Å². The molecule has 0 saturated heterocycles. The summed E-state index contributed by atoms with van der Waals surface area (Å²) in [5.41, 5.74) is 0. The molecule has 0 aliphatic carbocycles. The zero-order valence-electron chi connectivity index (χ0n) is 8.86. The van der Waals surface area contributed by atoms with Crippen LogP contribution in [-0.2, 0) is 28.8 Å². The van der Waals surface area contributed by atoms with Gasteiger partial charge in [-0.15, -0.1) is 0 Å². The first-order chi connectivity index (χ1) is 8.49. The van der Waals surface area contributed by atoms with Gasteiger partial charge in [-0.2, -0.15) is 0 Å². The number of carboxylic acid groups (broad SMARTS) is 6. The fourth-order valence-corrected chi connectivity index (χ4v) is 0. The Hall–Kier alpha value is -2.13. The van der Waals surface area contributed by atoms with Crippen LogP contribution in [0.4, 0.5) is 0 Å². The molecular weight excluding hydrogens is 502 g/mol. The van der Waals surface area contributed by atoms with Crippen LogP contribution in [0.5, 0.6) is 0 Å². The standard InChI is InChI=1S/6CH2O2.U/c6*2-1-3;/h6*1H,(H,2,3);/q;;;;;;+6/p-6. The first kappa shape index (κ1) is 43.6. The number of hydrogen-bond acceptors (Lipinski definition) is 12. The van der Waals surface area contributed by atoms with E-state index in [9.17, 15) is 0 Å². The zero-order valence-corrected chi connectivity index (χ0v) is 13.0. The summed E-state index contributed by atoms with van der Waals surface area (Å²) < 4.78 is 0. The Morgan fingerprint density at radius 2 is 0.368 bits per heavy atom. The molecule has 0 unspecified atom stereocenters. The number of carbonyl (C=O) groups is 6. The average molecular weight is 508 g/mol. The van der Waals surface area contributed by atoms with Crippen molar-refractivity contribution in [2.24, 2.45) is 0 Å². The molecule has 0 bridgehead atoms. The van der Waals surface area contributed by atoms with E-state index in [4.69, 9.17) is 59.4 Å². The maximum Gasteiger partial charge on any atom is 6.00 e. The second-order valence-corrected chi connectivity index (χ2v) is 0.577. The Morgan fingerprint density at radius 1 is 0.368 bits per heavy atom. The van der Waals surface area contributed by atoms with Crippen LogP contribution >= 0.6 is 0 Å². The van der Waals surface area contributed by atoms with E-state index in [1.807, 2.05) is 0 Å². The summed E-state index contributed by atoms with van der Waals surface area (Å²) in [4.78, 5) is 49.5. The van der Waals surface area contributed by atoms with Crippen molar-refractivity contribution in [3.05, 3.63) is 0 Å². The predicted molar refractivity (Wildman–Crippen MR) is 36.4 cm³/mol. The summed E-state index contributed by atoms with van der Waals surface area (Å²) in [5.74, 6) is 0. The minimum absolute atomic E-state index is 0. The molecule has 0 atom stereocenters. The number of carbonyl (C=O) groups excluding carboxylic acids is 6. The summed E-state index contributed by atoms with van der Waals surface area (Å²) in [5, 5.41) is 49.5. The molecule has 0 saturated carbocycles. The van der Waals surface area contributed by atoms with Crippen molar-refractivity contribution < 1.29 is 90.5 Å². The Labute approximate surface area is 129 Å². The third-order valence-electron chi connectivity index (χ3n) is 0. The molecule has 0 radical (unpaired) electrons. The van der Waals surface area contributed by atoms with Gasteiger partial charge < -0.3 is 59.4 Å². The molecule has 106 valence electrons. The van der Waals surface area contributed by atoms with Gasteiger partial charge in [0.2, 0.25) is 0 Å². The third-order valence-corrected chi connectivity index (χ3v) is 0. The van der Waals surface area contributed by atoms with Gasteiger partial charge in [0, 0.05) is 38.8 Å². The summed E-state index contributed by atoms with van der Waals surface area (Å²) in [6, 6.07) is 0. The van der Waals surface area contributed by atoms with Crippen molar-refractivity contribution in [2.45, 2.75) is 0 Å². The van der Waals surface area contributed by atoms with Gasteiger partial charge in [0.15, 0.2) is 0 Å². The molecule has 0 fully saturated rings. The molecule has 0 aromatic carbocycles. The van der Waals surface area contributed by atoms with E-state index in [1.54, 1.807) is 0 Å². The van der Waals surface area contributed by atoms with Crippen LogP contribution in [-0.4, -0.2) is 38.8 Å². The molecule has 0 aromatic heterocycles. The van der Waals surface area contributed by atoms with Gasteiger partial charge in [0.25, 0.3) is 0 Å². The van der Waals surface area contributed by atoms with Gasteiger partial charge in [0.1, 0.15) is 0 Å². The van der Waals surface area contributed by atoms with E-state index in [0.29, 0.717) is 0 Å². The minimum Gasteiger partial charge on any atom is -0.554 e. The van der Waals surface area contributed by atoms with Crippen molar-refractivity contribution in [1.29, 1.82) is 0 Å². The Morgan fingerprint density at radius 3 is 0.368 bits per heavy atom. The molecule has 0 heterocycles. The number of rotatable bonds is 0. The molecule has 0 spiro atoms. The molecule has 0 aromatic rings. The molecule has 12 nitrogen and oxygen atoms in total. The van der Waals surface area contributed by atoms with Gasteiger partial charge in [0.05, 0.1) is 0 Å². The molecular formula is C6H6O12U. The van der Waals surface area contributed by atoms with Crippen LogP contribution in [0.3, 0.4) is 0 Å².